The molecule has 0 bridgehead atoms. The molecule has 9 nitrogen and oxygen atoms in total. The summed E-state index contributed by atoms with van der Waals surface area (Å²) in [5, 5.41) is 15.7. The van der Waals surface area contributed by atoms with Crippen LogP contribution in [0.3, 0.4) is 0 Å². The number of aliphatic hydroxyl groups excluding tert-OH is 1. The van der Waals surface area contributed by atoms with Crippen molar-refractivity contribution in [2.24, 2.45) is 0 Å². The molecule has 9 heteroatoms. The van der Waals surface area contributed by atoms with E-state index >= 15 is 0 Å². The number of hydrogen-bond acceptors (Lipinski definition) is 7. The number of carbonyl (C=O) groups is 2. The van der Waals surface area contributed by atoms with E-state index in [1.807, 2.05) is 29.2 Å². The molecule has 0 aliphatic carbocycles. The molecule has 0 spiro atoms. The predicted octanol–water partition coefficient (Wildman–Crippen LogP) is 0.932. The van der Waals surface area contributed by atoms with Crippen molar-refractivity contribution in [3.63, 3.8) is 0 Å². The topological polar surface area (TPSA) is 101 Å². The second-order valence-electron chi connectivity index (χ2n) is 9.69. The van der Waals surface area contributed by atoms with Gasteiger partial charge in [-0.05, 0) is 37.1 Å². The number of piperazine rings is 2. The van der Waals surface area contributed by atoms with E-state index in [1.54, 1.807) is 6.07 Å². The van der Waals surface area contributed by atoms with Crippen molar-refractivity contribution in [1.29, 1.82) is 0 Å². The molecule has 2 aromatic rings. The van der Waals surface area contributed by atoms with Gasteiger partial charge in [0.15, 0.2) is 0 Å². The maximum absolute atomic E-state index is 13.0. The average molecular weight is 482 g/mol. The van der Waals surface area contributed by atoms with Crippen LogP contribution in [0.2, 0.25) is 0 Å². The Labute approximate surface area is 206 Å². The largest absolute Gasteiger partial charge is 0.462 e. The van der Waals surface area contributed by atoms with Crippen molar-refractivity contribution in [2.45, 2.75) is 50.5 Å². The summed E-state index contributed by atoms with van der Waals surface area (Å²) < 4.78 is 5.56. The summed E-state index contributed by atoms with van der Waals surface area (Å²) in [6.07, 6.45) is 1.99. The fourth-order valence-electron chi connectivity index (χ4n) is 5.54. The van der Waals surface area contributed by atoms with Crippen LogP contribution in [-0.4, -0.2) is 84.1 Å². The quantitative estimate of drug-likeness (QED) is 0.516. The van der Waals surface area contributed by atoms with Gasteiger partial charge in [-0.2, -0.15) is 0 Å². The summed E-state index contributed by atoms with van der Waals surface area (Å²) >= 11 is 0. The van der Waals surface area contributed by atoms with Crippen molar-refractivity contribution in [2.75, 3.05) is 44.2 Å². The maximum Gasteiger partial charge on any atom is 0.237 e. The zero-order valence-corrected chi connectivity index (χ0v) is 20.1. The fraction of sp³-hybridized carbons (Fsp3) is 0.538. The van der Waals surface area contributed by atoms with E-state index in [2.05, 4.69) is 32.6 Å². The van der Waals surface area contributed by atoms with Crippen LogP contribution in [0.4, 0.5) is 5.69 Å². The van der Waals surface area contributed by atoms with Gasteiger partial charge in [0.2, 0.25) is 11.8 Å². The minimum atomic E-state index is -0.152. The van der Waals surface area contributed by atoms with Gasteiger partial charge >= 0.3 is 0 Å². The Morgan fingerprint density at radius 2 is 1.86 bits per heavy atom. The summed E-state index contributed by atoms with van der Waals surface area (Å²) in [5.41, 5.74) is 1.21. The molecule has 0 radical (unpaired) electrons. The summed E-state index contributed by atoms with van der Waals surface area (Å²) in [4.78, 5) is 32.0. The predicted molar refractivity (Wildman–Crippen MR) is 132 cm³/mol. The van der Waals surface area contributed by atoms with Crippen molar-refractivity contribution < 1.29 is 19.1 Å². The Morgan fingerprint density at radius 1 is 1.09 bits per heavy atom. The Bertz CT molecular complexity index is 1000. The highest BCUT2D eigenvalue weighted by atomic mass is 16.4. The molecule has 3 atom stereocenters. The lowest BCUT2D eigenvalue weighted by Crippen LogP contribution is -2.58. The second-order valence-corrected chi connectivity index (χ2v) is 9.69. The van der Waals surface area contributed by atoms with Crippen LogP contribution >= 0.6 is 0 Å². The molecule has 4 heterocycles. The van der Waals surface area contributed by atoms with Gasteiger partial charge < -0.3 is 30.0 Å². The molecule has 3 fully saturated rings. The summed E-state index contributed by atoms with van der Waals surface area (Å²) in [7, 11) is 0. The van der Waals surface area contributed by atoms with Gasteiger partial charge in [-0.3, -0.25) is 14.5 Å². The third-order valence-electron chi connectivity index (χ3n) is 7.51. The van der Waals surface area contributed by atoms with Crippen molar-refractivity contribution in [1.82, 2.24) is 20.4 Å². The number of furan rings is 1. The first kappa shape index (κ1) is 23.8. The summed E-state index contributed by atoms with van der Waals surface area (Å²) in [6, 6.07) is 14.2. The summed E-state index contributed by atoms with van der Waals surface area (Å²) in [6.45, 7) is 5.03. The zero-order valence-electron chi connectivity index (χ0n) is 20.1. The fourth-order valence-corrected chi connectivity index (χ4v) is 5.54. The number of hydrogen-bond donors (Lipinski definition) is 3. The Morgan fingerprint density at radius 3 is 2.60 bits per heavy atom. The molecule has 1 aromatic carbocycles. The normalized spacial score (nSPS) is 24.9. The molecular formula is C26H35N5O4. The lowest BCUT2D eigenvalue weighted by molar-refractivity contribution is -0.132. The van der Waals surface area contributed by atoms with Crippen LogP contribution < -0.4 is 15.5 Å². The minimum absolute atomic E-state index is 0.0782. The van der Waals surface area contributed by atoms with Gasteiger partial charge in [-0.25, -0.2) is 0 Å². The Balaban J connectivity index is 1.09. The highest BCUT2D eigenvalue weighted by Crippen LogP contribution is 2.26. The number of amides is 2. The van der Waals surface area contributed by atoms with Crippen LogP contribution in [0.5, 0.6) is 0 Å². The van der Waals surface area contributed by atoms with Crippen molar-refractivity contribution in [3.05, 3.63) is 54.0 Å². The van der Waals surface area contributed by atoms with Gasteiger partial charge in [-0.15, -0.1) is 0 Å². The SMILES string of the molecule is O=C1NCC(CCC(=O)N2CCN(c3ccccc3)CC2)N2CC(NCc3ccc(CO)o3)CC12. The van der Waals surface area contributed by atoms with Crippen LogP contribution in [-0.2, 0) is 22.7 Å². The van der Waals surface area contributed by atoms with E-state index in [0.717, 1.165) is 51.3 Å². The third-order valence-corrected chi connectivity index (χ3v) is 7.51. The van der Waals surface area contributed by atoms with Gasteiger partial charge in [0, 0.05) is 63.5 Å². The average Bonchev–Trinajstić information content (AvgIpc) is 3.55. The number of nitrogens with zero attached hydrogens (tertiary/aromatic N) is 3. The molecule has 1 aromatic heterocycles. The molecule has 0 saturated carbocycles. The second kappa shape index (κ2) is 10.8. The summed E-state index contributed by atoms with van der Waals surface area (Å²) in [5.74, 6) is 1.61. The van der Waals surface area contributed by atoms with E-state index in [0.29, 0.717) is 25.3 Å². The number of carbonyl (C=O) groups excluding carboxylic acids is 2. The number of rotatable bonds is 8. The third kappa shape index (κ3) is 5.52. The van der Waals surface area contributed by atoms with Crippen LogP contribution in [0, 0.1) is 0 Å². The van der Waals surface area contributed by atoms with Crippen LogP contribution in [0.25, 0.3) is 0 Å². The molecule has 3 unspecified atom stereocenters. The molecule has 3 saturated heterocycles. The number of aliphatic hydroxyl groups is 1. The first-order valence-electron chi connectivity index (χ1n) is 12.6. The van der Waals surface area contributed by atoms with Gasteiger partial charge in [0.25, 0.3) is 0 Å². The highest BCUT2D eigenvalue weighted by molar-refractivity contribution is 5.83. The van der Waals surface area contributed by atoms with Crippen molar-refractivity contribution >= 4 is 17.5 Å². The lowest BCUT2D eigenvalue weighted by atomic mass is 10.0. The van der Waals surface area contributed by atoms with Crippen LogP contribution in [0.1, 0.15) is 30.8 Å². The maximum atomic E-state index is 13.0. The minimum Gasteiger partial charge on any atom is -0.462 e. The molecule has 35 heavy (non-hydrogen) atoms. The lowest BCUT2D eigenvalue weighted by Gasteiger charge is -2.38. The highest BCUT2D eigenvalue weighted by Gasteiger charge is 2.43. The number of benzene rings is 1. The molecule has 3 N–H and O–H groups in total. The van der Waals surface area contributed by atoms with E-state index in [4.69, 9.17) is 9.52 Å². The number of para-hydroxylation sites is 1. The Hall–Kier alpha value is -2.88. The molecule has 5 rings (SSSR count). The van der Waals surface area contributed by atoms with Gasteiger partial charge in [0.1, 0.15) is 18.1 Å². The zero-order chi connectivity index (χ0) is 24.2. The number of fused-ring (bicyclic) bond motifs is 1. The first-order valence-corrected chi connectivity index (χ1v) is 12.6. The van der Waals surface area contributed by atoms with Crippen LogP contribution in [0.15, 0.2) is 46.9 Å². The molecule has 2 amide bonds. The monoisotopic (exact) mass is 481 g/mol. The van der Waals surface area contributed by atoms with Crippen molar-refractivity contribution in [3.8, 4) is 0 Å². The molecule has 3 aliphatic heterocycles. The Kier molecular flexibility index (Phi) is 7.36. The van der Waals surface area contributed by atoms with Gasteiger partial charge in [-0.1, -0.05) is 18.2 Å². The molecule has 3 aliphatic rings. The molecular weight excluding hydrogens is 446 g/mol. The molecule has 188 valence electrons. The standard InChI is InChI=1S/C26H35N5O4/c32-18-23-8-7-22(35-23)16-27-19-14-24-26(34)28-15-21(31(24)17-19)6-9-25(33)30-12-10-29(11-13-30)20-4-2-1-3-5-20/h1-5,7-8,19,21,24,27,32H,6,9-18H2,(H,28,34). The van der Waals surface area contributed by atoms with E-state index in [-0.39, 0.29) is 36.5 Å². The number of nitrogens with one attached hydrogen (secondary N) is 2. The van der Waals surface area contributed by atoms with Gasteiger partial charge in [0.05, 0.1) is 12.6 Å². The first-order chi connectivity index (χ1) is 17.1. The van der Waals surface area contributed by atoms with E-state index in [1.165, 1.54) is 5.69 Å². The number of anilines is 1. The smallest absolute Gasteiger partial charge is 0.237 e. The van der Waals surface area contributed by atoms with E-state index < -0.39 is 0 Å². The van der Waals surface area contributed by atoms with E-state index in [9.17, 15) is 9.59 Å².